The third-order valence-corrected chi connectivity index (χ3v) is 2.70. The molecule has 0 bridgehead atoms. The number of fused-ring (bicyclic) bond motifs is 1. The van der Waals surface area contributed by atoms with Crippen LogP contribution in [0.4, 0.5) is 10.5 Å². The Labute approximate surface area is 107 Å². The van der Waals surface area contributed by atoms with Gasteiger partial charge in [0.25, 0.3) is 0 Å². The van der Waals surface area contributed by atoms with Gasteiger partial charge in [-0.15, -0.1) is 0 Å². The van der Waals surface area contributed by atoms with E-state index in [4.69, 9.17) is 20.8 Å². The van der Waals surface area contributed by atoms with Gasteiger partial charge in [-0.25, -0.2) is 9.59 Å². The zero-order valence-electron chi connectivity index (χ0n) is 9.82. The number of rotatable bonds is 2. The summed E-state index contributed by atoms with van der Waals surface area (Å²) in [5.41, 5.74) is 0.990. The van der Waals surface area contributed by atoms with Gasteiger partial charge in [0.15, 0.2) is 5.58 Å². The quantitative estimate of drug-likeness (QED) is 0.909. The highest BCUT2D eigenvalue weighted by Crippen LogP contribution is 2.28. The molecule has 0 aliphatic rings. The van der Waals surface area contributed by atoms with Gasteiger partial charge >= 0.3 is 11.8 Å². The lowest BCUT2D eigenvalue weighted by molar-refractivity contribution is 0.168. The van der Waals surface area contributed by atoms with Crippen molar-refractivity contribution in [2.75, 3.05) is 11.9 Å². The third-order valence-electron chi connectivity index (χ3n) is 2.39. The molecule has 0 saturated carbocycles. The third kappa shape index (κ3) is 2.06. The van der Waals surface area contributed by atoms with Crippen LogP contribution in [0.3, 0.4) is 0 Å². The smallest absolute Gasteiger partial charge is 0.419 e. The van der Waals surface area contributed by atoms with E-state index in [1.54, 1.807) is 19.1 Å². The van der Waals surface area contributed by atoms with Gasteiger partial charge in [-0.2, -0.15) is 0 Å². The Hall–Kier alpha value is -1.95. The van der Waals surface area contributed by atoms with Crippen LogP contribution in [0.15, 0.2) is 21.3 Å². The maximum Gasteiger partial charge on any atom is 0.419 e. The molecular formula is C11H11ClN2O4. The number of hydrogen-bond donors (Lipinski definition) is 1. The number of aromatic nitrogens is 1. The van der Waals surface area contributed by atoms with Gasteiger partial charge in [0.1, 0.15) is 5.52 Å². The molecule has 0 radical (unpaired) electrons. The number of amides is 1. The summed E-state index contributed by atoms with van der Waals surface area (Å²) < 4.78 is 11.1. The number of anilines is 1. The highest BCUT2D eigenvalue weighted by atomic mass is 35.5. The van der Waals surface area contributed by atoms with Crippen LogP contribution in [0.5, 0.6) is 0 Å². The lowest BCUT2D eigenvalue weighted by Gasteiger charge is -2.06. The van der Waals surface area contributed by atoms with Gasteiger partial charge in [0.05, 0.1) is 17.3 Å². The van der Waals surface area contributed by atoms with Crippen molar-refractivity contribution in [2.24, 2.45) is 7.05 Å². The van der Waals surface area contributed by atoms with E-state index >= 15 is 0 Å². The van der Waals surface area contributed by atoms with Crippen molar-refractivity contribution in [2.45, 2.75) is 6.92 Å². The molecule has 0 spiro atoms. The molecule has 2 aromatic rings. The molecule has 1 amide bonds. The molecule has 6 nitrogen and oxygen atoms in total. The van der Waals surface area contributed by atoms with Crippen LogP contribution < -0.4 is 11.1 Å². The van der Waals surface area contributed by atoms with E-state index in [1.807, 2.05) is 0 Å². The van der Waals surface area contributed by atoms with Gasteiger partial charge in [-0.05, 0) is 19.1 Å². The maximum absolute atomic E-state index is 11.4. The molecule has 2 rings (SSSR count). The molecule has 0 atom stereocenters. The van der Waals surface area contributed by atoms with Gasteiger partial charge in [-0.1, -0.05) is 11.6 Å². The van der Waals surface area contributed by atoms with Crippen LogP contribution in [0, 0.1) is 0 Å². The maximum atomic E-state index is 11.4. The van der Waals surface area contributed by atoms with Gasteiger partial charge in [0.2, 0.25) is 0 Å². The minimum Gasteiger partial charge on any atom is -0.450 e. The lowest BCUT2D eigenvalue weighted by atomic mass is 10.3. The Morgan fingerprint density at radius 1 is 1.56 bits per heavy atom. The summed E-state index contributed by atoms with van der Waals surface area (Å²) in [5, 5.41) is 2.86. The van der Waals surface area contributed by atoms with E-state index in [1.165, 1.54) is 11.6 Å². The average Bonchev–Trinajstić information content (AvgIpc) is 2.61. The lowest BCUT2D eigenvalue weighted by Crippen LogP contribution is -2.13. The van der Waals surface area contributed by atoms with Crippen LogP contribution >= 0.6 is 11.6 Å². The summed E-state index contributed by atoms with van der Waals surface area (Å²) >= 11 is 5.98. The highest BCUT2D eigenvalue weighted by Gasteiger charge is 2.15. The number of carbonyl (C=O) groups is 1. The largest absolute Gasteiger partial charge is 0.450 e. The van der Waals surface area contributed by atoms with Crippen molar-refractivity contribution >= 4 is 34.5 Å². The number of nitrogens with zero attached hydrogens (tertiary/aromatic N) is 1. The molecule has 18 heavy (non-hydrogen) atoms. The minimum absolute atomic E-state index is 0.225. The number of aryl methyl sites for hydroxylation is 1. The molecule has 1 heterocycles. The Morgan fingerprint density at radius 3 is 2.94 bits per heavy atom. The van der Waals surface area contributed by atoms with Crippen molar-refractivity contribution in [3.8, 4) is 0 Å². The fraction of sp³-hybridized carbons (Fsp3) is 0.273. The van der Waals surface area contributed by atoms with Crippen LogP contribution in [-0.2, 0) is 11.8 Å². The molecular weight excluding hydrogens is 260 g/mol. The second-order valence-electron chi connectivity index (χ2n) is 3.55. The number of halogens is 1. The molecule has 0 aliphatic carbocycles. The first-order valence-corrected chi connectivity index (χ1v) is 5.64. The first kappa shape index (κ1) is 12.5. The van der Waals surface area contributed by atoms with Crippen molar-refractivity contribution in [3.05, 3.63) is 27.7 Å². The van der Waals surface area contributed by atoms with Crippen molar-refractivity contribution < 1.29 is 13.9 Å². The summed E-state index contributed by atoms with van der Waals surface area (Å²) in [6.45, 7) is 1.95. The summed E-state index contributed by atoms with van der Waals surface area (Å²) in [6, 6.07) is 3.12. The fourth-order valence-electron chi connectivity index (χ4n) is 1.59. The van der Waals surface area contributed by atoms with E-state index in [0.717, 1.165) is 0 Å². The van der Waals surface area contributed by atoms with E-state index in [2.05, 4.69) is 5.32 Å². The number of ether oxygens (including phenoxy) is 1. The second kappa shape index (κ2) is 4.73. The van der Waals surface area contributed by atoms with E-state index in [-0.39, 0.29) is 12.2 Å². The zero-order chi connectivity index (χ0) is 13.3. The number of oxazole rings is 1. The molecule has 0 saturated heterocycles. The van der Waals surface area contributed by atoms with E-state index in [9.17, 15) is 9.59 Å². The van der Waals surface area contributed by atoms with Gasteiger partial charge in [0, 0.05) is 7.05 Å². The first-order valence-electron chi connectivity index (χ1n) is 5.26. The molecule has 0 unspecified atom stereocenters. The topological polar surface area (TPSA) is 73.5 Å². The Morgan fingerprint density at radius 2 is 2.28 bits per heavy atom. The van der Waals surface area contributed by atoms with Crippen LogP contribution in [0.25, 0.3) is 11.1 Å². The molecule has 0 fully saturated rings. The van der Waals surface area contributed by atoms with Crippen molar-refractivity contribution in [3.63, 3.8) is 0 Å². The first-order chi connectivity index (χ1) is 8.54. The monoisotopic (exact) mass is 270 g/mol. The predicted octanol–water partition coefficient (Wildman–Crippen LogP) is 2.35. The van der Waals surface area contributed by atoms with Crippen LogP contribution in [0.1, 0.15) is 6.92 Å². The molecule has 1 N–H and O–H groups in total. The van der Waals surface area contributed by atoms with Crippen LogP contribution in [-0.4, -0.2) is 17.3 Å². The van der Waals surface area contributed by atoms with Gasteiger partial charge in [-0.3, -0.25) is 9.88 Å². The van der Waals surface area contributed by atoms with Crippen molar-refractivity contribution in [1.29, 1.82) is 0 Å². The van der Waals surface area contributed by atoms with Crippen molar-refractivity contribution in [1.82, 2.24) is 4.57 Å². The predicted molar refractivity (Wildman–Crippen MR) is 67.1 cm³/mol. The summed E-state index contributed by atoms with van der Waals surface area (Å²) in [4.78, 5) is 22.8. The summed E-state index contributed by atoms with van der Waals surface area (Å²) in [6.07, 6.45) is -0.618. The second-order valence-corrected chi connectivity index (χ2v) is 3.95. The van der Waals surface area contributed by atoms with E-state index < -0.39 is 11.8 Å². The number of nitrogens with one attached hydrogen (secondary N) is 1. The number of carbonyl (C=O) groups excluding carboxylic acids is 1. The Balaban J connectivity index is 2.53. The molecule has 1 aromatic heterocycles. The molecule has 96 valence electrons. The standard InChI is InChI=1S/C11H11ClN2O4/c1-3-17-10(15)13-7-5-4-6(12)8-9(7)18-11(16)14(8)2/h4-5H,3H2,1-2H3,(H,13,15). The normalized spacial score (nSPS) is 10.6. The fourth-order valence-corrected chi connectivity index (χ4v) is 1.86. The summed E-state index contributed by atoms with van der Waals surface area (Å²) in [7, 11) is 1.54. The average molecular weight is 271 g/mol. The highest BCUT2D eigenvalue weighted by molar-refractivity contribution is 6.35. The Kier molecular flexibility index (Phi) is 3.29. The van der Waals surface area contributed by atoms with E-state index in [0.29, 0.717) is 16.2 Å². The van der Waals surface area contributed by atoms with Crippen LogP contribution in [0.2, 0.25) is 5.02 Å². The SMILES string of the molecule is CCOC(=O)Nc1ccc(Cl)c2c1oc(=O)n2C. The molecule has 7 heteroatoms. The minimum atomic E-state index is -0.618. The number of hydrogen-bond acceptors (Lipinski definition) is 4. The molecule has 0 aliphatic heterocycles. The van der Waals surface area contributed by atoms with Gasteiger partial charge < -0.3 is 9.15 Å². The summed E-state index contributed by atoms with van der Waals surface area (Å²) in [5.74, 6) is -0.551. The number of benzene rings is 1. The molecule has 1 aromatic carbocycles. The zero-order valence-corrected chi connectivity index (χ0v) is 10.6. The Bertz CT molecular complexity index is 659.